The van der Waals surface area contributed by atoms with E-state index in [1.165, 1.54) is 0 Å². The van der Waals surface area contributed by atoms with E-state index in [0.29, 0.717) is 0 Å². The number of anilines is 2. The normalized spacial score (nSPS) is 11.8. The highest BCUT2D eigenvalue weighted by molar-refractivity contribution is 5.91. The summed E-state index contributed by atoms with van der Waals surface area (Å²) in [5.41, 5.74) is 5.87. The fourth-order valence-corrected chi connectivity index (χ4v) is 3.66. The van der Waals surface area contributed by atoms with Crippen molar-refractivity contribution in [2.75, 3.05) is 12.4 Å². The molecule has 0 aliphatic carbocycles. The monoisotopic (exact) mass is 389 g/mol. The first-order valence-corrected chi connectivity index (χ1v) is 9.70. The molecule has 0 amide bonds. The summed E-state index contributed by atoms with van der Waals surface area (Å²) < 4.78 is 9.77. The number of aromatic nitrogens is 4. The largest absolute Gasteiger partial charge is 0.494 e. The average molecular weight is 390 g/mol. The second kappa shape index (κ2) is 6.95. The number of nitrogens with zero attached hydrogens (tertiary/aromatic N) is 4. The zero-order valence-electron chi connectivity index (χ0n) is 17.8. The number of rotatable bonds is 4. The topological polar surface area (TPSA) is 56.9 Å². The molecule has 0 spiro atoms. The second-order valence-electron chi connectivity index (χ2n) is 8.35. The molecule has 0 saturated carbocycles. The summed E-state index contributed by atoms with van der Waals surface area (Å²) in [6.07, 6.45) is 3.77. The lowest BCUT2D eigenvalue weighted by molar-refractivity contribution is 0.413. The first-order valence-electron chi connectivity index (χ1n) is 9.70. The van der Waals surface area contributed by atoms with Crippen molar-refractivity contribution >= 4 is 22.4 Å². The standard InChI is InChI=1S/C23H27N5O/c1-15-13-28(14-24-15)18-11-10-16(12-20(18)29-6)25-17-8-7-9-19-21(17)26-22(27(19)5)23(2,3)4/h7-14,25H,1-6H3. The van der Waals surface area contributed by atoms with E-state index >= 15 is 0 Å². The number of fused-ring (bicyclic) bond motifs is 1. The molecule has 150 valence electrons. The summed E-state index contributed by atoms with van der Waals surface area (Å²) in [7, 11) is 3.76. The van der Waals surface area contributed by atoms with E-state index < -0.39 is 0 Å². The van der Waals surface area contributed by atoms with Gasteiger partial charge >= 0.3 is 0 Å². The Balaban J connectivity index is 1.73. The van der Waals surface area contributed by atoms with Gasteiger partial charge in [-0.3, -0.25) is 0 Å². The van der Waals surface area contributed by atoms with Gasteiger partial charge in [-0.25, -0.2) is 9.97 Å². The molecule has 0 fully saturated rings. The summed E-state index contributed by atoms with van der Waals surface area (Å²) in [6, 6.07) is 12.3. The van der Waals surface area contributed by atoms with Crippen LogP contribution in [0.4, 0.5) is 11.4 Å². The summed E-state index contributed by atoms with van der Waals surface area (Å²) in [5.74, 6) is 1.83. The van der Waals surface area contributed by atoms with Gasteiger partial charge in [0.2, 0.25) is 0 Å². The Hall–Kier alpha value is -3.28. The van der Waals surface area contributed by atoms with Crippen molar-refractivity contribution in [3.05, 3.63) is 60.4 Å². The molecule has 0 bridgehead atoms. The molecule has 0 radical (unpaired) electrons. The van der Waals surface area contributed by atoms with E-state index in [9.17, 15) is 0 Å². The van der Waals surface area contributed by atoms with Crippen molar-refractivity contribution in [3.63, 3.8) is 0 Å². The smallest absolute Gasteiger partial charge is 0.144 e. The molecule has 1 N–H and O–H groups in total. The van der Waals surface area contributed by atoms with Gasteiger partial charge in [0, 0.05) is 30.4 Å². The maximum Gasteiger partial charge on any atom is 0.144 e. The summed E-state index contributed by atoms with van der Waals surface area (Å²) in [5, 5.41) is 3.52. The van der Waals surface area contributed by atoms with Crippen molar-refractivity contribution in [2.45, 2.75) is 33.1 Å². The Kier molecular flexibility index (Phi) is 4.57. The number of nitrogens with one attached hydrogen (secondary N) is 1. The predicted molar refractivity (Wildman–Crippen MR) is 118 cm³/mol. The van der Waals surface area contributed by atoms with E-state index in [-0.39, 0.29) is 5.41 Å². The van der Waals surface area contributed by atoms with Crippen LogP contribution in [0.2, 0.25) is 0 Å². The molecule has 2 aromatic carbocycles. The van der Waals surface area contributed by atoms with Crippen LogP contribution in [-0.2, 0) is 12.5 Å². The number of benzene rings is 2. The highest BCUT2D eigenvalue weighted by Gasteiger charge is 2.22. The molecule has 2 aromatic heterocycles. The van der Waals surface area contributed by atoms with Crippen LogP contribution in [0.5, 0.6) is 5.75 Å². The van der Waals surface area contributed by atoms with Crippen LogP contribution < -0.4 is 10.1 Å². The molecule has 0 saturated heterocycles. The van der Waals surface area contributed by atoms with Crippen LogP contribution in [0.1, 0.15) is 32.3 Å². The van der Waals surface area contributed by atoms with Crippen molar-refractivity contribution in [3.8, 4) is 11.4 Å². The average Bonchev–Trinajstić information content (AvgIpc) is 3.26. The molecule has 0 aliphatic heterocycles. The zero-order chi connectivity index (χ0) is 20.8. The van der Waals surface area contributed by atoms with E-state index in [1.54, 1.807) is 13.4 Å². The minimum Gasteiger partial charge on any atom is -0.494 e. The molecule has 0 aliphatic rings. The Bertz CT molecular complexity index is 1180. The van der Waals surface area contributed by atoms with E-state index in [0.717, 1.165) is 45.4 Å². The Labute approximate surface area is 171 Å². The molecular formula is C23H27N5O. The fourth-order valence-electron chi connectivity index (χ4n) is 3.66. The molecule has 0 atom stereocenters. The van der Waals surface area contributed by atoms with Gasteiger partial charge in [-0.15, -0.1) is 0 Å². The van der Waals surface area contributed by atoms with Gasteiger partial charge < -0.3 is 19.2 Å². The molecular weight excluding hydrogens is 362 g/mol. The van der Waals surface area contributed by atoms with Crippen LogP contribution in [0.15, 0.2) is 48.9 Å². The van der Waals surface area contributed by atoms with Crippen LogP contribution >= 0.6 is 0 Å². The summed E-state index contributed by atoms with van der Waals surface area (Å²) in [4.78, 5) is 9.25. The third-order valence-electron chi connectivity index (χ3n) is 5.03. The number of aryl methyl sites for hydroxylation is 2. The van der Waals surface area contributed by atoms with Crippen LogP contribution in [-0.4, -0.2) is 26.2 Å². The predicted octanol–water partition coefficient (Wildman–Crippen LogP) is 5.12. The molecule has 0 unspecified atom stereocenters. The SMILES string of the molecule is COc1cc(Nc2cccc3c2nc(C(C)(C)C)n3C)ccc1-n1cnc(C)c1. The van der Waals surface area contributed by atoms with E-state index in [1.807, 2.05) is 35.9 Å². The number of methoxy groups -OCH3 is 1. The van der Waals surface area contributed by atoms with Gasteiger partial charge in [0.15, 0.2) is 0 Å². The van der Waals surface area contributed by atoms with Gasteiger partial charge in [-0.2, -0.15) is 0 Å². The minimum atomic E-state index is -0.0289. The quantitative estimate of drug-likeness (QED) is 0.526. The number of imidazole rings is 2. The van der Waals surface area contributed by atoms with Gasteiger partial charge in [-0.05, 0) is 31.2 Å². The maximum absolute atomic E-state index is 5.63. The third-order valence-corrected chi connectivity index (χ3v) is 5.03. The van der Waals surface area contributed by atoms with Crippen molar-refractivity contribution in [1.29, 1.82) is 0 Å². The zero-order valence-corrected chi connectivity index (χ0v) is 17.8. The fraction of sp³-hybridized carbons (Fsp3) is 0.304. The molecule has 4 rings (SSSR count). The lowest BCUT2D eigenvalue weighted by Gasteiger charge is -2.17. The highest BCUT2D eigenvalue weighted by atomic mass is 16.5. The number of ether oxygens (including phenoxy) is 1. The minimum absolute atomic E-state index is 0.0289. The number of hydrogen-bond donors (Lipinski definition) is 1. The molecule has 2 heterocycles. The Morgan fingerprint density at radius 2 is 1.90 bits per heavy atom. The van der Waals surface area contributed by atoms with Gasteiger partial charge in [0.05, 0.1) is 36.0 Å². The van der Waals surface area contributed by atoms with E-state index in [4.69, 9.17) is 9.72 Å². The van der Waals surface area contributed by atoms with Gasteiger partial charge in [0.1, 0.15) is 17.1 Å². The van der Waals surface area contributed by atoms with Crippen LogP contribution in [0.25, 0.3) is 16.7 Å². The summed E-state index contributed by atoms with van der Waals surface area (Å²) >= 11 is 0. The van der Waals surface area contributed by atoms with Crippen molar-refractivity contribution in [1.82, 2.24) is 19.1 Å². The molecule has 6 heteroatoms. The number of hydrogen-bond acceptors (Lipinski definition) is 4. The van der Waals surface area contributed by atoms with Crippen molar-refractivity contribution < 1.29 is 4.74 Å². The first kappa shape index (κ1) is 19.1. The maximum atomic E-state index is 5.63. The third kappa shape index (κ3) is 3.46. The lowest BCUT2D eigenvalue weighted by Crippen LogP contribution is -2.17. The van der Waals surface area contributed by atoms with Crippen LogP contribution in [0.3, 0.4) is 0 Å². The molecule has 29 heavy (non-hydrogen) atoms. The lowest BCUT2D eigenvalue weighted by atomic mass is 9.96. The number of para-hydroxylation sites is 1. The first-order chi connectivity index (χ1) is 13.8. The molecule has 6 nitrogen and oxygen atoms in total. The Morgan fingerprint density at radius 1 is 1.10 bits per heavy atom. The Morgan fingerprint density at radius 3 is 2.55 bits per heavy atom. The van der Waals surface area contributed by atoms with Crippen molar-refractivity contribution in [2.24, 2.45) is 7.05 Å². The summed E-state index contributed by atoms with van der Waals surface area (Å²) in [6.45, 7) is 8.52. The van der Waals surface area contributed by atoms with E-state index in [2.05, 4.69) is 60.9 Å². The van der Waals surface area contributed by atoms with Gasteiger partial charge in [0.25, 0.3) is 0 Å². The molecule has 4 aromatic rings. The van der Waals surface area contributed by atoms with Gasteiger partial charge in [-0.1, -0.05) is 26.8 Å². The second-order valence-corrected chi connectivity index (χ2v) is 8.35. The van der Waals surface area contributed by atoms with Crippen LogP contribution in [0, 0.1) is 6.92 Å². The highest BCUT2D eigenvalue weighted by Crippen LogP contribution is 2.33.